The highest BCUT2D eigenvalue weighted by atomic mass is 14.9. The average molecular weight is 209 g/mol. The van der Waals surface area contributed by atoms with Gasteiger partial charge in [-0.3, -0.25) is 0 Å². The summed E-state index contributed by atoms with van der Waals surface area (Å²) in [4.78, 5) is 0. The number of nitrogens with one attached hydrogen (secondary N) is 1. The number of hydrogen-bond donors (Lipinski definition) is 1. The summed E-state index contributed by atoms with van der Waals surface area (Å²) in [5.41, 5.74) is 0.627. The van der Waals surface area contributed by atoms with Gasteiger partial charge in [0.25, 0.3) is 0 Å². The van der Waals surface area contributed by atoms with Crippen LogP contribution in [-0.2, 0) is 0 Å². The van der Waals surface area contributed by atoms with Crippen molar-refractivity contribution in [2.75, 3.05) is 6.54 Å². The quantitative estimate of drug-likeness (QED) is 0.627. The van der Waals surface area contributed by atoms with Gasteiger partial charge in [0.2, 0.25) is 0 Å². The molecule has 15 heavy (non-hydrogen) atoms. The second kappa shape index (κ2) is 6.32. The summed E-state index contributed by atoms with van der Waals surface area (Å²) in [7, 11) is 0. The van der Waals surface area contributed by atoms with Gasteiger partial charge in [-0.05, 0) is 44.4 Å². The Kier molecular flexibility index (Phi) is 5.38. The Morgan fingerprint density at radius 3 is 2.60 bits per heavy atom. The maximum Gasteiger partial charge on any atom is 0.00419 e. The van der Waals surface area contributed by atoms with Crippen LogP contribution in [0.25, 0.3) is 0 Å². The third-order valence-electron chi connectivity index (χ3n) is 4.04. The molecule has 0 spiro atoms. The molecule has 1 unspecified atom stereocenters. The fourth-order valence-corrected chi connectivity index (χ4v) is 2.64. The van der Waals surface area contributed by atoms with Gasteiger partial charge in [-0.1, -0.05) is 25.8 Å². The molecule has 0 aliphatic heterocycles. The van der Waals surface area contributed by atoms with Gasteiger partial charge in [0.05, 0.1) is 0 Å². The molecule has 1 aliphatic carbocycles. The molecule has 0 radical (unpaired) electrons. The second-order valence-electron chi connectivity index (χ2n) is 5.21. The van der Waals surface area contributed by atoms with E-state index in [1.807, 2.05) is 6.08 Å². The summed E-state index contributed by atoms with van der Waals surface area (Å²) in [5.74, 6) is 0. The van der Waals surface area contributed by atoms with Crippen LogP contribution in [0.2, 0.25) is 0 Å². The highest BCUT2D eigenvalue weighted by Crippen LogP contribution is 2.40. The van der Waals surface area contributed by atoms with Gasteiger partial charge in [0.15, 0.2) is 0 Å². The fourth-order valence-electron chi connectivity index (χ4n) is 2.64. The maximum absolute atomic E-state index is 3.77. The molecule has 1 nitrogen and oxygen atoms in total. The highest BCUT2D eigenvalue weighted by Gasteiger charge is 2.31. The summed E-state index contributed by atoms with van der Waals surface area (Å²) in [5, 5.41) is 3.70. The predicted molar refractivity (Wildman–Crippen MR) is 68.1 cm³/mol. The van der Waals surface area contributed by atoms with E-state index in [2.05, 4.69) is 25.7 Å². The van der Waals surface area contributed by atoms with E-state index < -0.39 is 0 Å². The van der Waals surface area contributed by atoms with Crippen LogP contribution in [-0.4, -0.2) is 12.6 Å². The lowest BCUT2D eigenvalue weighted by Crippen LogP contribution is -2.36. The molecule has 1 N–H and O–H groups in total. The Balaban J connectivity index is 2.24. The summed E-state index contributed by atoms with van der Waals surface area (Å²) in [6, 6.07) is 0.645. The first-order valence-corrected chi connectivity index (χ1v) is 6.57. The van der Waals surface area contributed by atoms with Gasteiger partial charge < -0.3 is 5.32 Å². The molecule has 1 atom stereocenters. The Labute approximate surface area is 95.3 Å². The Morgan fingerprint density at radius 1 is 1.40 bits per heavy atom. The molecule has 1 heteroatoms. The molecule has 0 heterocycles. The fraction of sp³-hybridized carbons (Fsp3) is 0.857. The molecule has 0 aromatic rings. The van der Waals surface area contributed by atoms with Crippen molar-refractivity contribution in [3.63, 3.8) is 0 Å². The standard InChI is InChI=1S/C14H27N/c1-4-6-9-13(3)15-12-14(5-2)10-7-8-11-14/h4,13,15H,1,5-12H2,2-3H3. The molecule has 0 aromatic heterocycles. The molecule has 1 aliphatic rings. The summed E-state index contributed by atoms with van der Waals surface area (Å²) < 4.78 is 0. The number of allylic oxidation sites excluding steroid dienone is 1. The topological polar surface area (TPSA) is 12.0 Å². The summed E-state index contributed by atoms with van der Waals surface area (Å²) in [6.45, 7) is 9.64. The van der Waals surface area contributed by atoms with Crippen molar-refractivity contribution in [2.45, 2.75) is 64.8 Å². The van der Waals surface area contributed by atoms with Crippen molar-refractivity contribution >= 4 is 0 Å². The van der Waals surface area contributed by atoms with E-state index in [1.54, 1.807) is 0 Å². The SMILES string of the molecule is C=CCCC(C)NCC1(CC)CCCC1. The zero-order valence-corrected chi connectivity index (χ0v) is 10.5. The van der Waals surface area contributed by atoms with E-state index in [4.69, 9.17) is 0 Å². The van der Waals surface area contributed by atoms with Crippen LogP contribution in [0.5, 0.6) is 0 Å². The molecule has 1 rings (SSSR count). The molecular weight excluding hydrogens is 182 g/mol. The molecule has 0 bridgehead atoms. The van der Waals surface area contributed by atoms with E-state index in [0.717, 1.165) is 6.42 Å². The van der Waals surface area contributed by atoms with Crippen molar-refractivity contribution in [2.24, 2.45) is 5.41 Å². The van der Waals surface area contributed by atoms with Crippen molar-refractivity contribution in [3.8, 4) is 0 Å². The van der Waals surface area contributed by atoms with Crippen molar-refractivity contribution < 1.29 is 0 Å². The van der Waals surface area contributed by atoms with Crippen LogP contribution in [0, 0.1) is 5.41 Å². The zero-order valence-electron chi connectivity index (χ0n) is 10.5. The first kappa shape index (κ1) is 12.8. The van der Waals surface area contributed by atoms with E-state index in [9.17, 15) is 0 Å². The minimum Gasteiger partial charge on any atom is -0.314 e. The molecule has 0 amide bonds. The third-order valence-corrected chi connectivity index (χ3v) is 4.04. The second-order valence-corrected chi connectivity index (χ2v) is 5.21. The van der Waals surface area contributed by atoms with E-state index in [-0.39, 0.29) is 0 Å². The first-order valence-electron chi connectivity index (χ1n) is 6.57. The van der Waals surface area contributed by atoms with E-state index in [0.29, 0.717) is 11.5 Å². The number of hydrogen-bond acceptors (Lipinski definition) is 1. The average Bonchev–Trinajstić information content (AvgIpc) is 2.73. The van der Waals surface area contributed by atoms with Crippen LogP contribution >= 0.6 is 0 Å². The molecule has 0 aromatic carbocycles. The Morgan fingerprint density at radius 2 is 2.07 bits per heavy atom. The molecule has 88 valence electrons. The van der Waals surface area contributed by atoms with Crippen LogP contribution in [0.4, 0.5) is 0 Å². The molecule has 0 saturated heterocycles. The van der Waals surface area contributed by atoms with E-state index >= 15 is 0 Å². The number of rotatable bonds is 7. The van der Waals surface area contributed by atoms with Crippen LogP contribution in [0.15, 0.2) is 12.7 Å². The van der Waals surface area contributed by atoms with Gasteiger partial charge in [-0.25, -0.2) is 0 Å². The van der Waals surface area contributed by atoms with Crippen LogP contribution in [0.1, 0.15) is 58.8 Å². The minimum absolute atomic E-state index is 0.627. The monoisotopic (exact) mass is 209 g/mol. The molecule has 1 fully saturated rings. The molecule has 1 saturated carbocycles. The summed E-state index contributed by atoms with van der Waals surface area (Å²) in [6.07, 6.45) is 11.5. The van der Waals surface area contributed by atoms with Crippen molar-refractivity contribution in [3.05, 3.63) is 12.7 Å². The lowest BCUT2D eigenvalue weighted by Gasteiger charge is -2.29. The van der Waals surface area contributed by atoms with Gasteiger partial charge in [0.1, 0.15) is 0 Å². The lowest BCUT2D eigenvalue weighted by atomic mass is 9.83. The van der Waals surface area contributed by atoms with Gasteiger partial charge in [-0.15, -0.1) is 6.58 Å². The first-order chi connectivity index (χ1) is 7.22. The van der Waals surface area contributed by atoms with E-state index in [1.165, 1.54) is 45.1 Å². The highest BCUT2D eigenvalue weighted by molar-refractivity contribution is 4.86. The predicted octanol–water partition coefficient (Wildman–Crippen LogP) is 3.90. The Bertz CT molecular complexity index is 180. The van der Waals surface area contributed by atoms with Crippen LogP contribution < -0.4 is 5.32 Å². The minimum atomic E-state index is 0.627. The zero-order chi connectivity index (χ0) is 11.1. The largest absolute Gasteiger partial charge is 0.314 e. The van der Waals surface area contributed by atoms with Gasteiger partial charge >= 0.3 is 0 Å². The van der Waals surface area contributed by atoms with Gasteiger partial charge in [0, 0.05) is 12.6 Å². The van der Waals surface area contributed by atoms with Crippen molar-refractivity contribution in [1.82, 2.24) is 5.32 Å². The van der Waals surface area contributed by atoms with Crippen LogP contribution in [0.3, 0.4) is 0 Å². The Hall–Kier alpha value is -0.300. The third kappa shape index (κ3) is 3.98. The molecular formula is C14H27N. The lowest BCUT2D eigenvalue weighted by molar-refractivity contribution is 0.256. The van der Waals surface area contributed by atoms with Gasteiger partial charge in [-0.2, -0.15) is 0 Å². The maximum atomic E-state index is 3.77. The summed E-state index contributed by atoms with van der Waals surface area (Å²) >= 11 is 0. The normalized spacial score (nSPS) is 21.5. The van der Waals surface area contributed by atoms with Crippen molar-refractivity contribution in [1.29, 1.82) is 0 Å². The smallest absolute Gasteiger partial charge is 0.00419 e.